The Kier molecular flexibility index (Phi) is 3.16. The molecule has 1 amide bonds. The van der Waals surface area contributed by atoms with Crippen molar-refractivity contribution in [2.45, 2.75) is 6.92 Å². The van der Waals surface area contributed by atoms with Crippen molar-refractivity contribution in [1.29, 1.82) is 0 Å². The Morgan fingerprint density at radius 3 is 2.70 bits per heavy atom. The van der Waals surface area contributed by atoms with Gasteiger partial charge < -0.3 is 5.32 Å². The van der Waals surface area contributed by atoms with Gasteiger partial charge in [-0.15, -0.1) is 0 Å². The molecule has 0 aliphatic heterocycles. The topological polar surface area (TPSA) is 46.9 Å². The lowest BCUT2D eigenvalue weighted by atomic mass is 10.2. The fourth-order valence-electron chi connectivity index (χ4n) is 2.02. The molecule has 1 N–H and O–H groups in total. The normalized spacial score (nSPS) is 10.7. The van der Waals surface area contributed by atoms with Crippen molar-refractivity contribution in [3.8, 4) is 0 Å². The smallest absolute Gasteiger partial charge is 0.306 e. The van der Waals surface area contributed by atoms with E-state index in [1.807, 2.05) is 25.1 Å². The summed E-state index contributed by atoms with van der Waals surface area (Å²) in [4.78, 5) is 12.2. The van der Waals surface area contributed by atoms with E-state index < -0.39 is 0 Å². The summed E-state index contributed by atoms with van der Waals surface area (Å²) >= 11 is 5.81. The second-order valence-corrected chi connectivity index (χ2v) is 4.99. The van der Waals surface area contributed by atoms with Crippen LogP contribution in [0.3, 0.4) is 0 Å². The SMILES string of the molecule is Cc1ccc2c(cnn2C(=O)Nc2ccc(Cl)cc2)c1. The second kappa shape index (κ2) is 4.98. The second-order valence-electron chi connectivity index (χ2n) is 4.56. The van der Waals surface area contributed by atoms with Gasteiger partial charge in [0.15, 0.2) is 0 Å². The lowest BCUT2D eigenvalue weighted by Gasteiger charge is -2.06. The molecular weight excluding hydrogens is 274 g/mol. The van der Waals surface area contributed by atoms with Gasteiger partial charge in [-0.05, 0) is 43.3 Å². The lowest BCUT2D eigenvalue weighted by Crippen LogP contribution is -2.20. The van der Waals surface area contributed by atoms with Crippen molar-refractivity contribution in [3.05, 3.63) is 59.2 Å². The molecule has 0 aliphatic rings. The predicted molar refractivity (Wildman–Crippen MR) is 80.3 cm³/mol. The highest BCUT2D eigenvalue weighted by atomic mass is 35.5. The van der Waals surface area contributed by atoms with E-state index in [9.17, 15) is 4.79 Å². The molecule has 2 aromatic carbocycles. The summed E-state index contributed by atoms with van der Waals surface area (Å²) in [6.45, 7) is 2.00. The number of carbonyl (C=O) groups excluding carboxylic acids is 1. The monoisotopic (exact) mass is 285 g/mol. The quantitative estimate of drug-likeness (QED) is 0.732. The molecule has 1 heterocycles. The fraction of sp³-hybridized carbons (Fsp3) is 0.0667. The van der Waals surface area contributed by atoms with Crippen LogP contribution in [0.2, 0.25) is 5.02 Å². The summed E-state index contributed by atoms with van der Waals surface area (Å²) in [6.07, 6.45) is 1.68. The third kappa shape index (κ3) is 2.38. The highest BCUT2D eigenvalue weighted by molar-refractivity contribution is 6.30. The zero-order chi connectivity index (χ0) is 14.1. The maximum absolute atomic E-state index is 12.2. The summed E-state index contributed by atoms with van der Waals surface area (Å²) < 4.78 is 1.35. The minimum atomic E-state index is -0.300. The Bertz CT molecular complexity index is 777. The molecule has 0 aliphatic carbocycles. The maximum atomic E-state index is 12.2. The molecule has 4 nitrogen and oxygen atoms in total. The molecule has 0 radical (unpaired) electrons. The number of fused-ring (bicyclic) bond motifs is 1. The zero-order valence-corrected chi connectivity index (χ0v) is 11.6. The molecule has 100 valence electrons. The molecule has 3 rings (SSSR count). The van der Waals surface area contributed by atoms with Crippen LogP contribution in [0, 0.1) is 6.92 Å². The number of anilines is 1. The van der Waals surface area contributed by atoms with Crippen LogP contribution in [0.4, 0.5) is 10.5 Å². The van der Waals surface area contributed by atoms with Crippen molar-refractivity contribution in [1.82, 2.24) is 9.78 Å². The van der Waals surface area contributed by atoms with Crippen LogP contribution in [0.5, 0.6) is 0 Å². The summed E-state index contributed by atoms with van der Waals surface area (Å²) in [5, 5.41) is 8.48. The Balaban J connectivity index is 1.91. The average Bonchev–Trinajstić information content (AvgIpc) is 2.84. The summed E-state index contributed by atoms with van der Waals surface area (Å²) in [7, 11) is 0. The number of halogens is 1. The highest BCUT2D eigenvalue weighted by Gasteiger charge is 2.10. The van der Waals surface area contributed by atoms with Crippen LogP contribution in [-0.4, -0.2) is 15.8 Å². The van der Waals surface area contributed by atoms with Gasteiger partial charge in [0.25, 0.3) is 0 Å². The standard InChI is InChI=1S/C15H12ClN3O/c1-10-2-7-14-11(8-10)9-17-19(14)15(20)18-13-5-3-12(16)4-6-13/h2-9H,1H3,(H,18,20). The van der Waals surface area contributed by atoms with Crippen molar-refractivity contribution in [3.63, 3.8) is 0 Å². The molecule has 3 aromatic rings. The first-order valence-electron chi connectivity index (χ1n) is 6.15. The van der Waals surface area contributed by atoms with Crippen molar-refractivity contribution < 1.29 is 4.79 Å². The Hall–Kier alpha value is -2.33. The molecule has 1 aromatic heterocycles. The average molecular weight is 286 g/mol. The summed E-state index contributed by atoms with van der Waals surface area (Å²) in [5.74, 6) is 0. The minimum Gasteiger partial charge on any atom is -0.306 e. The van der Waals surface area contributed by atoms with Gasteiger partial charge in [0, 0.05) is 16.1 Å². The molecule has 0 saturated heterocycles. The zero-order valence-electron chi connectivity index (χ0n) is 10.8. The molecule has 0 saturated carbocycles. The third-order valence-corrected chi connectivity index (χ3v) is 3.26. The molecule has 0 fully saturated rings. The van der Waals surface area contributed by atoms with Gasteiger partial charge in [0.1, 0.15) is 0 Å². The van der Waals surface area contributed by atoms with E-state index in [1.165, 1.54) is 4.68 Å². The first-order chi connectivity index (χ1) is 9.63. The van der Waals surface area contributed by atoms with E-state index in [-0.39, 0.29) is 6.03 Å². The van der Waals surface area contributed by atoms with E-state index in [4.69, 9.17) is 11.6 Å². The van der Waals surface area contributed by atoms with E-state index in [1.54, 1.807) is 30.5 Å². The van der Waals surface area contributed by atoms with Gasteiger partial charge in [-0.2, -0.15) is 9.78 Å². The van der Waals surface area contributed by atoms with Crippen LogP contribution in [-0.2, 0) is 0 Å². The molecule has 0 unspecified atom stereocenters. The number of amides is 1. The van der Waals surface area contributed by atoms with E-state index in [0.29, 0.717) is 10.7 Å². The molecular formula is C15H12ClN3O. The van der Waals surface area contributed by atoms with E-state index >= 15 is 0 Å². The predicted octanol–water partition coefficient (Wildman–Crippen LogP) is 4.08. The number of aromatic nitrogens is 2. The van der Waals surface area contributed by atoms with Crippen molar-refractivity contribution >= 4 is 34.2 Å². The Labute approximate surface area is 121 Å². The van der Waals surface area contributed by atoms with E-state index in [2.05, 4.69) is 10.4 Å². The number of benzene rings is 2. The van der Waals surface area contributed by atoms with Crippen LogP contribution in [0.1, 0.15) is 5.56 Å². The van der Waals surface area contributed by atoms with Gasteiger partial charge in [-0.25, -0.2) is 4.79 Å². The highest BCUT2D eigenvalue weighted by Crippen LogP contribution is 2.17. The van der Waals surface area contributed by atoms with Gasteiger partial charge in [-0.1, -0.05) is 23.2 Å². The molecule has 0 spiro atoms. The number of nitrogens with one attached hydrogen (secondary N) is 1. The first kappa shape index (κ1) is 12.7. The van der Waals surface area contributed by atoms with Gasteiger partial charge in [-0.3, -0.25) is 0 Å². The lowest BCUT2D eigenvalue weighted by molar-refractivity contribution is 0.252. The van der Waals surface area contributed by atoms with E-state index in [0.717, 1.165) is 16.5 Å². The number of aryl methyl sites for hydroxylation is 1. The number of hydrogen-bond donors (Lipinski definition) is 1. The Morgan fingerprint density at radius 2 is 1.95 bits per heavy atom. The number of rotatable bonds is 1. The minimum absolute atomic E-state index is 0.300. The fourth-order valence-corrected chi connectivity index (χ4v) is 2.15. The number of carbonyl (C=O) groups is 1. The van der Waals surface area contributed by atoms with Crippen LogP contribution in [0.15, 0.2) is 48.7 Å². The van der Waals surface area contributed by atoms with Gasteiger partial charge >= 0.3 is 6.03 Å². The van der Waals surface area contributed by atoms with Gasteiger partial charge in [0.05, 0.1) is 11.7 Å². The molecule has 5 heteroatoms. The van der Waals surface area contributed by atoms with Crippen LogP contribution >= 0.6 is 11.6 Å². The largest absolute Gasteiger partial charge is 0.347 e. The van der Waals surface area contributed by atoms with Gasteiger partial charge in [0.2, 0.25) is 0 Å². The molecule has 0 atom stereocenters. The molecule has 0 bridgehead atoms. The Morgan fingerprint density at radius 1 is 1.20 bits per heavy atom. The maximum Gasteiger partial charge on any atom is 0.347 e. The number of hydrogen-bond acceptors (Lipinski definition) is 2. The third-order valence-electron chi connectivity index (χ3n) is 3.01. The first-order valence-corrected chi connectivity index (χ1v) is 6.52. The van der Waals surface area contributed by atoms with Crippen LogP contribution in [0.25, 0.3) is 10.9 Å². The summed E-state index contributed by atoms with van der Waals surface area (Å²) in [5.41, 5.74) is 2.59. The summed E-state index contributed by atoms with van der Waals surface area (Å²) in [6, 6.07) is 12.5. The molecule has 20 heavy (non-hydrogen) atoms. The number of nitrogens with zero attached hydrogens (tertiary/aromatic N) is 2. The van der Waals surface area contributed by atoms with Crippen molar-refractivity contribution in [2.24, 2.45) is 0 Å². The van der Waals surface area contributed by atoms with Crippen molar-refractivity contribution in [2.75, 3.05) is 5.32 Å². The van der Waals surface area contributed by atoms with Crippen LogP contribution < -0.4 is 5.32 Å².